The highest BCUT2D eigenvalue weighted by molar-refractivity contribution is 5.79. The fraction of sp³-hybridized carbons (Fsp3) is 0.381. The maximum absolute atomic E-state index is 12.8. The Kier molecular flexibility index (Phi) is 5.59. The summed E-state index contributed by atoms with van der Waals surface area (Å²) in [7, 11) is 1.64. The second kappa shape index (κ2) is 8.06. The molecule has 0 saturated carbocycles. The highest BCUT2D eigenvalue weighted by Crippen LogP contribution is 2.33. The van der Waals surface area contributed by atoms with Gasteiger partial charge in [-0.2, -0.15) is 0 Å². The van der Waals surface area contributed by atoms with Crippen molar-refractivity contribution >= 4 is 5.91 Å². The number of likely N-dealkylation sites (tertiary alicyclic amines) is 1. The fourth-order valence-electron chi connectivity index (χ4n) is 3.42. The van der Waals surface area contributed by atoms with E-state index in [1.807, 2.05) is 48.2 Å². The third-order valence-corrected chi connectivity index (χ3v) is 4.64. The van der Waals surface area contributed by atoms with Crippen molar-refractivity contribution in [2.24, 2.45) is 0 Å². The molecule has 0 aliphatic carbocycles. The van der Waals surface area contributed by atoms with E-state index in [-0.39, 0.29) is 11.9 Å². The van der Waals surface area contributed by atoms with Crippen molar-refractivity contribution in [1.82, 2.24) is 4.90 Å². The average Bonchev–Trinajstić information content (AvgIpc) is 3.13. The molecule has 25 heavy (non-hydrogen) atoms. The third kappa shape index (κ3) is 4.13. The maximum Gasteiger partial charge on any atom is 0.227 e. The Morgan fingerprint density at radius 1 is 1.16 bits per heavy atom. The highest BCUT2D eigenvalue weighted by atomic mass is 16.5. The highest BCUT2D eigenvalue weighted by Gasteiger charge is 2.29. The lowest BCUT2D eigenvalue weighted by molar-refractivity contribution is -0.131. The van der Waals surface area contributed by atoms with Gasteiger partial charge in [-0.25, -0.2) is 0 Å². The van der Waals surface area contributed by atoms with E-state index in [9.17, 15) is 4.79 Å². The zero-order chi connectivity index (χ0) is 17.6. The molecule has 1 aliphatic heterocycles. The molecule has 2 aromatic carbocycles. The first-order valence-corrected chi connectivity index (χ1v) is 8.86. The molecule has 4 nitrogen and oxygen atoms in total. The van der Waals surface area contributed by atoms with Gasteiger partial charge in [0.05, 0.1) is 26.2 Å². The number of benzene rings is 2. The molecule has 1 amide bonds. The lowest BCUT2D eigenvalue weighted by atomic mass is 10.0. The summed E-state index contributed by atoms with van der Waals surface area (Å²) in [5, 5.41) is 0. The van der Waals surface area contributed by atoms with Gasteiger partial charge in [-0.05, 0) is 55.2 Å². The van der Waals surface area contributed by atoms with Crippen LogP contribution in [0.3, 0.4) is 0 Å². The number of hydrogen-bond donors (Lipinski definition) is 0. The summed E-state index contributed by atoms with van der Waals surface area (Å²) < 4.78 is 10.8. The van der Waals surface area contributed by atoms with Gasteiger partial charge in [0.15, 0.2) is 0 Å². The number of nitrogens with zero attached hydrogens (tertiary/aromatic N) is 1. The first-order chi connectivity index (χ1) is 12.2. The molecule has 0 N–H and O–H groups in total. The minimum absolute atomic E-state index is 0.161. The third-order valence-electron chi connectivity index (χ3n) is 4.64. The minimum atomic E-state index is 0.161. The Bertz CT molecular complexity index is 711. The topological polar surface area (TPSA) is 38.8 Å². The first kappa shape index (κ1) is 17.3. The largest absolute Gasteiger partial charge is 0.497 e. The van der Waals surface area contributed by atoms with Crippen LogP contribution in [0.4, 0.5) is 0 Å². The van der Waals surface area contributed by atoms with Crippen LogP contribution in [0.5, 0.6) is 11.5 Å². The average molecular weight is 339 g/mol. The van der Waals surface area contributed by atoms with Crippen LogP contribution >= 0.6 is 0 Å². The van der Waals surface area contributed by atoms with Crippen molar-refractivity contribution in [1.29, 1.82) is 0 Å². The minimum Gasteiger partial charge on any atom is -0.497 e. The van der Waals surface area contributed by atoms with Crippen molar-refractivity contribution in [2.75, 3.05) is 20.3 Å². The summed E-state index contributed by atoms with van der Waals surface area (Å²) >= 11 is 0. The molecule has 0 spiro atoms. The summed E-state index contributed by atoms with van der Waals surface area (Å²) in [5.74, 6) is 1.83. The van der Waals surface area contributed by atoms with E-state index in [0.29, 0.717) is 13.0 Å². The molecule has 0 aromatic heterocycles. The number of methoxy groups -OCH3 is 1. The summed E-state index contributed by atoms with van der Waals surface area (Å²) in [6, 6.07) is 16.0. The predicted octanol–water partition coefficient (Wildman–Crippen LogP) is 4.00. The van der Waals surface area contributed by atoms with E-state index in [4.69, 9.17) is 9.47 Å². The van der Waals surface area contributed by atoms with Crippen LogP contribution in [0.2, 0.25) is 0 Å². The Morgan fingerprint density at radius 2 is 1.96 bits per heavy atom. The number of carbonyl (C=O) groups excluding carboxylic acids is 1. The van der Waals surface area contributed by atoms with Crippen molar-refractivity contribution in [2.45, 2.75) is 32.2 Å². The van der Waals surface area contributed by atoms with Crippen LogP contribution in [0.1, 0.15) is 36.9 Å². The Balaban J connectivity index is 1.70. The molecule has 4 heteroatoms. The monoisotopic (exact) mass is 339 g/mol. The normalized spacial score (nSPS) is 16.7. The van der Waals surface area contributed by atoms with Gasteiger partial charge in [-0.15, -0.1) is 0 Å². The molecule has 3 rings (SSSR count). The fourth-order valence-corrected chi connectivity index (χ4v) is 3.42. The van der Waals surface area contributed by atoms with E-state index in [2.05, 4.69) is 12.1 Å². The predicted molar refractivity (Wildman–Crippen MR) is 98.0 cm³/mol. The van der Waals surface area contributed by atoms with Crippen LogP contribution in [-0.4, -0.2) is 31.1 Å². The Morgan fingerprint density at radius 3 is 2.68 bits per heavy atom. The standard InChI is InChI=1S/C21H25NO3/c1-3-25-18-11-9-17(10-12-18)20-8-5-13-22(20)21(23)15-16-6-4-7-19(14-16)24-2/h4,6-7,9-12,14,20H,3,5,8,13,15H2,1-2H3. The van der Waals surface area contributed by atoms with Gasteiger partial charge in [0, 0.05) is 6.54 Å². The van der Waals surface area contributed by atoms with Gasteiger partial charge >= 0.3 is 0 Å². The molecule has 1 fully saturated rings. The Labute approximate surface area is 149 Å². The van der Waals surface area contributed by atoms with Crippen molar-refractivity contribution in [3.8, 4) is 11.5 Å². The van der Waals surface area contributed by atoms with Crippen LogP contribution in [0, 0.1) is 0 Å². The first-order valence-electron chi connectivity index (χ1n) is 8.86. The molecule has 1 unspecified atom stereocenters. The molecule has 1 heterocycles. The number of rotatable bonds is 6. The van der Waals surface area contributed by atoms with Crippen molar-refractivity contribution in [3.63, 3.8) is 0 Å². The molecule has 0 bridgehead atoms. The number of carbonyl (C=O) groups is 1. The molecule has 1 atom stereocenters. The van der Waals surface area contributed by atoms with Crippen LogP contribution in [0.25, 0.3) is 0 Å². The van der Waals surface area contributed by atoms with Gasteiger partial charge in [0.25, 0.3) is 0 Å². The van der Waals surface area contributed by atoms with Gasteiger partial charge < -0.3 is 14.4 Å². The molecule has 132 valence electrons. The lowest BCUT2D eigenvalue weighted by Gasteiger charge is -2.25. The van der Waals surface area contributed by atoms with Crippen LogP contribution in [0.15, 0.2) is 48.5 Å². The Hall–Kier alpha value is -2.49. The van der Waals surface area contributed by atoms with Crippen LogP contribution < -0.4 is 9.47 Å². The van der Waals surface area contributed by atoms with Crippen LogP contribution in [-0.2, 0) is 11.2 Å². The maximum atomic E-state index is 12.8. The van der Waals surface area contributed by atoms with Gasteiger partial charge in [0.1, 0.15) is 11.5 Å². The van der Waals surface area contributed by atoms with E-state index in [0.717, 1.165) is 36.4 Å². The molecular weight excluding hydrogens is 314 g/mol. The van der Waals surface area contributed by atoms with Crippen molar-refractivity contribution < 1.29 is 14.3 Å². The molecule has 1 saturated heterocycles. The second-order valence-corrected chi connectivity index (χ2v) is 6.28. The SMILES string of the molecule is CCOc1ccc(C2CCCN2C(=O)Cc2cccc(OC)c2)cc1. The van der Waals surface area contributed by atoms with E-state index < -0.39 is 0 Å². The quantitative estimate of drug-likeness (QED) is 0.798. The summed E-state index contributed by atoms with van der Waals surface area (Å²) in [4.78, 5) is 14.8. The van der Waals surface area contributed by atoms with E-state index >= 15 is 0 Å². The molecule has 0 radical (unpaired) electrons. The summed E-state index contributed by atoms with van der Waals surface area (Å²) in [6.45, 7) is 3.46. The summed E-state index contributed by atoms with van der Waals surface area (Å²) in [5.41, 5.74) is 2.17. The molecular formula is C21H25NO3. The molecule has 1 aliphatic rings. The molecule has 2 aromatic rings. The summed E-state index contributed by atoms with van der Waals surface area (Å²) in [6.07, 6.45) is 2.46. The zero-order valence-electron chi connectivity index (χ0n) is 14.9. The number of ether oxygens (including phenoxy) is 2. The number of hydrogen-bond acceptors (Lipinski definition) is 3. The van der Waals surface area contributed by atoms with Crippen molar-refractivity contribution in [3.05, 3.63) is 59.7 Å². The van der Waals surface area contributed by atoms with E-state index in [1.54, 1.807) is 7.11 Å². The zero-order valence-corrected chi connectivity index (χ0v) is 14.9. The lowest BCUT2D eigenvalue weighted by Crippen LogP contribution is -2.31. The second-order valence-electron chi connectivity index (χ2n) is 6.28. The number of amides is 1. The van der Waals surface area contributed by atoms with Gasteiger partial charge in [-0.3, -0.25) is 4.79 Å². The van der Waals surface area contributed by atoms with Gasteiger partial charge in [-0.1, -0.05) is 24.3 Å². The van der Waals surface area contributed by atoms with Gasteiger partial charge in [0.2, 0.25) is 5.91 Å². The van der Waals surface area contributed by atoms with E-state index in [1.165, 1.54) is 5.56 Å². The smallest absolute Gasteiger partial charge is 0.227 e.